The average molecular weight is 506 g/mol. The highest BCUT2D eigenvalue weighted by Crippen LogP contribution is 2.23. The van der Waals surface area contributed by atoms with Gasteiger partial charge in [0.2, 0.25) is 0 Å². The van der Waals surface area contributed by atoms with Crippen LogP contribution >= 0.6 is 0 Å². The second kappa shape index (κ2) is 13.7. The minimum atomic E-state index is 0.469. The van der Waals surface area contributed by atoms with E-state index in [1.807, 2.05) is 27.7 Å². The Labute approximate surface area is 227 Å². The zero-order valence-electron chi connectivity index (χ0n) is 26.5. The van der Waals surface area contributed by atoms with Crippen LogP contribution in [0.4, 0.5) is 0 Å². The van der Waals surface area contributed by atoms with E-state index in [1.165, 1.54) is 39.2 Å². The molecule has 37 heavy (non-hydrogen) atoms. The molecule has 0 atom stereocenters. The Balaban J connectivity index is 0.000000278. The predicted molar refractivity (Wildman–Crippen MR) is 158 cm³/mol. The van der Waals surface area contributed by atoms with Crippen LogP contribution in [0.1, 0.15) is 133 Å². The number of nitrogens with zero attached hydrogens (tertiary/aromatic N) is 5. The monoisotopic (exact) mass is 505 g/mol. The van der Waals surface area contributed by atoms with Crippen molar-refractivity contribution in [1.82, 2.24) is 25.1 Å². The summed E-state index contributed by atoms with van der Waals surface area (Å²) in [6.07, 6.45) is 0. The van der Waals surface area contributed by atoms with Crippen molar-refractivity contribution in [2.75, 3.05) is 0 Å². The molecule has 0 aliphatic carbocycles. The van der Waals surface area contributed by atoms with Crippen molar-refractivity contribution in [3.05, 3.63) is 73.4 Å². The number of pyridine rings is 1. The molecule has 3 heterocycles. The molecule has 5 heteroatoms. The summed E-state index contributed by atoms with van der Waals surface area (Å²) in [5.74, 6) is 1.46. The fourth-order valence-electron chi connectivity index (χ4n) is 4.23. The van der Waals surface area contributed by atoms with Gasteiger partial charge in [-0.15, -0.1) is 0 Å². The maximum absolute atomic E-state index is 4.63. The van der Waals surface area contributed by atoms with Gasteiger partial charge in [-0.25, -0.2) is 0 Å². The van der Waals surface area contributed by atoms with Gasteiger partial charge in [-0.1, -0.05) is 41.5 Å². The second-order valence-corrected chi connectivity index (χ2v) is 11.2. The minimum Gasteiger partial charge on any atom is -0.257 e. The lowest BCUT2D eigenvalue weighted by atomic mass is 9.97. The summed E-state index contributed by atoms with van der Waals surface area (Å²) in [6, 6.07) is 0. The zero-order chi connectivity index (χ0) is 28.8. The molecular weight excluding hydrogens is 454 g/mol. The summed E-state index contributed by atoms with van der Waals surface area (Å²) in [4.78, 5) is 13.6. The Morgan fingerprint density at radius 3 is 1.22 bits per heavy atom. The van der Waals surface area contributed by atoms with Gasteiger partial charge in [-0.3, -0.25) is 15.0 Å². The molecule has 0 fully saturated rings. The van der Waals surface area contributed by atoms with Crippen LogP contribution in [-0.4, -0.2) is 25.1 Å². The molecule has 0 aliphatic heterocycles. The van der Waals surface area contributed by atoms with Gasteiger partial charge in [0, 0.05) is 11.4 Å². The molecule has 0 aromatic carbocycles. The third-order valence-corrected chi connectivity index (χ3v) is 7.30. The topological polar surface area (TPSA) is 64.5 Å². The van der Waals surface area contributed by atoms with Crippen molar-refractivity contribution in [2.45, 2.75) is 129 Å². The Bertz CT molecular complexity index is 1200. The summed E-state index contributed by atoms with van der Waals surface area (Å²) in [7, 11) is 0. The third kappa shape index (κ3) is 8.41. The number of aryl methyl sites for hydroxylation is 5. The molecule has 3 aromatic rings. The highest BCUT2D eigenvalue weighted by Gasteiger charge is 2.11. The molecule has 0 radical (unpaired) electrons. The zero-order valence-corrected chi connectivity index (χ0v) is 26.5. The molecule has 204 valence electrons. The van der Waals surface area contributed by atoms with Crippen molar-refractivity contribution in [3.8, 4) is 0 Å². The summed E-state index contributed by atoms with van der Waals surface area (Å²) < 4.78 is 0. The number of hydrogen-bond donors (Lipinski definition) is 0. The average Bonchev–Trinajstić information content (AvgIpc) is 2.81. The van der Waals surface area contributed by atoms with Gasteiger partial charge in [0.25, 0.3) is 0 Å². The minimum absolute atomic E-state index is 0.469. The summed E-state index contributed by atoms with van der Waals surface area (Å²) in [5.41, 5.74) is 15.5. The maximum atomic E-state index is 4.63. The Hall–Kier alpha value is -2.69. The van der Waals surface area contributed by atoms with Gasteiger partial charge in [-0.2, -0.15) is 10.2 Å². The number of aromatic nitrogens is 5. The molecule has 0 saturated carbocycles. The van der Waals surface area contributed by atoms with E-state index in [-0.39, 0.29) is 0 Å². The fraction of sp³-hybridized carbons (Fsp3) is 0.594. The first-order chi connectivity index (χ1) is 17.0. The number of rotatable bonds is 3. The van der Waals surface area contributed by atoms with Crippen LogP contribution < -0.4 is 0 Å². The van der Waals surface area contributed by atoms with Crippen LogP contribution in [0, 0.1) is 69.2 Å². The first-order valence-corrected chi connectivity index (χ1v) is 13.6. The Kier molecular flexibility index (Phi) is 12.0. The van der Waals surface area contributed by atoms with Crippen molar-refractivity contribution in [2.24, 2.45) is 0 Å². The smallest absolute Gasteiger partial charge is 0.0688 e. The summed E-state index contributed by atoms with van der Waals surface area (Å²) in [6.45, 7) is 33.8. The van der Waals surface area contributed by atoms with E-state index in [0.29, 0.717) is 17.8 Å². The van der Waals surface area contributed by atoms with E-state index in [9.17, 15) is 0 Å². The number of hydrogen-bond acceptors (Lipinski definition) is 5. The first kappa shape index (κ1) is 32.3. The second-order valence-electron chi connectivity index (χ2n) is 11.2. The van der Waals surface area contributed by atoms with Crippen molar-refractivity contribution < 1.29 is 0 Å². The third-order valence-electron chi connectivity index (χ3n) is 7.30. The Morgan fingerprint density at radius 2 is 0.730 bits per heavy atom. The lowest BCUT2D eigenvalue weighted by Gasteiger charge is -2.15. The largest absolute Gasteiger partial charge is 0.257 e. The SMILES string of the molecule is Cc1nc(C(C)C)c(C)c(C)c1C.Cc1nc(C)c(C(C)C)nc1C.Cc1nnc(C(C)C)c(C)c1C. The molecule has 0 aliphatic rings. The normalized spacial score (nSPS) is 10.9. The van der Waals surface area contributed by atoms with E-state index in [2.05, 4.69) is 108 Å². The van der Waals surface area contributed by atoms with Crippen LogP contribution in [-0.2, 0) is 0 Å². The van der Waals surface area contributed by atoms with Gasteiger partial charge in [0.15, 0.2) is 0 Å². The molecule has 5 nitrogen and oxygen atoms in total. The van der Waals surface area contributed by atoms with Crippen molar-refractivity contribution in [1.29, 1.82) is 0 Å². The summed E-state index contributed by atoms with van der Waals surface area (Å²) in [5, 5.41) is 8.30. The highest BCUT2D eigenvalue weighted by molar-refractivity contribution is 5.38. The van der Waals surface area contributed by atoms with Crippen LogP contribution in [0.2, 0.25) is 0 Å². The predicted octanol–water partition coefficient (Wildman–Crippen LogP) is 8.49. The van der Waals surface area contributed by atoms with E-state index in [4.69, 9.17) is 0 Å². The molecule has 3 aromatic heterocycles. The quantitative estimate of drug-likeness (QED) is 0.357. The lowest BCUT2D eigenvalue weighted by molar-refractivity contribution is 0.759. The van der Waals surface area contributed by atoms with Gasteiger partial charge < -0.3 is 0 Å². The van der Waals surface area contributed by atoms with Crippen LogP contribution in [0.25, 0.3) is 0 Å². The van der Waals surface area contributed by atoms with E-state index < -0.39 is 0 Å². The molecule has 0 amide bonds. The van der Waals surface area contributed by atoms with Gasteiger partial charge in [0.1, 0.15) is 0 Å². The van der Waals surface area contributed by atoms with Crippen LogP contribution in [0.15, 0.2) is 0 Å². The molecule has 0 unspecified atom stereocenters. The van der Waals surface area contributed by atoms with Gasteiger partial charge >= 0.3 is 0 Å². The standard InChI is InChI=1S/C12H19N.2C10H16N2/c1-7(2)12-10(5)8(3)9(4)11(6)13-12;1-6(2)10-9(5)11-7(3)8(4)12-10;1-6(2)10-8(4)7(3)9(5)11-12-10/h7H,1-6H3;2*6H,1-5H3. The molecule has 0 bridgehead atoms. The first-order valence-electron chi connectivity index (χ1n) is 13.6. The van der Waals surface area contributed by atoms with Gasteiger partial charge in [-0.05, 0) is 115 Å². The molecule has 3 rings (SSSR count). The molecule has 0 N–H and O–H groups in total. The highest BCUT2D eigenvalue weighted by atomic mass is 15.1. The summed E-state index contributed by atoms with van der Waals surface area (Å²) >= 11 is 0. The van der Waals surface area contributed by atoms with Crippen LogP contribution in [0.3, 0.4) is 0 Å². The van der Waals surface area contributed by atoms with E-state index >= 15 is 0 Å². The molecule has 0 spiro atoms. The Morgan fingerprint density at radius 1 is 0.324 bits per heavy atom. The van der Waals surface area contributed by atoms with Crippen molar-refractivity contribution in [3.63, 3.8) is 0 Å². The lowest BCUT2D eigenvalue weighted by Crippen LogP contribution is -2.03. The van der Waals surface area contributed by atoms with Gasteiger partial charge in [0.05, 0.1) is 34.2 Å². The molecule has 0 saturated heterocycles. The van der Waals surface area contributed by atoms with Crippen LogP contribution in [0.5, 0.6) is 0 Å². The van der Waals surface area contributed by atoms with Crippen molar-refractivity contribution >= 4 is 0 Å². The van der Waals surface area contributed by atoms with E-state index in [1.54, 1.807) is 0 Å². The fourth-order valence-corrected chi connectivity index (χ4v) is 4.23. The maximum Gasteiger partial charge on any atom is 0.0688 e. The molecular formula is C32H51N5. The van der Waals surface area contributed by atoms with E-state index in [0.717, 1.165) is 34.2 Å².